The van der Waals surface area contributed by atoms with Crippen molar-refractivity contribution in [2.45, 2.75) is 13.3 Å². The second kappa shape index (κ2) is 8.82. The minimum atomic E-state index is -0.384. The summed E-state index contributed by atoms with van der Waals surface area (Å²) >= 11 is 19.7. The molecule has 0 aliphatic heterocycles. The molecule has 0 saturated heterocycles. The second-order valence-corrected chi connectivity index (χ2v) is 9.00. The van der Waals surface area contributed by atoms with Crippen molar-refractivity contribution in [3.8, 4) is 11.3 Å². The first-order chi connectivity index (χ1) is 14.4. The van der Waals surface area contributed by atoms with Gasteiger partial charge in [0.05, 0.1) is 5.02 Å². The van der Waals surface area contributed by atoms with Gasteiger partial charge in [-0.05, 0) is 54.4 Å². The molecule has 4 rings (SSSR count). The number of aromatic nitrogens is 1. The summed E-state index contributed by atoms with van der Waals surface area (Å²) in [6.45, 7) is 1.97. The molecule has 0 saturated carbocycles. The monoisotopic (exact) mass is 476 g/mol. The van der Waals surface area contributed by atoms with Crippen molar-refractivity contribution in [3.05, 3.63) is 91.6 Å². The van der Waals surface area contributed by atoms with Crippen LogP contribution >= 0.6 is 46.1 Å². The van der Waals surface area contributed by atoms with Crippen molar-refractivity contribution in [2.24, 2.45) is 0 Å². The second-order valence-electron chi connectivity index (χ2n) is 6.63. The number of thiazole rings is 1. The molecule has 0 unspecified atom stereocenters. The minimum absolute atomic E-state index is 0.165. The van der Waals surface area contributed by atoms with Crippen LogP contribution in [0.15, 0.2) is 59.1 Å². The Balaban J connectivity index is 1.44. The summed E-state index contributed by atoms with van der Waals surface area (Å²) in [4.78, 5) is 17.8. The molecule has 4 aromatic rings. The van der Waals surface area contributed by atoms with Crippen molar-refractivity contribution in [1.29, 1.82) is 0 Å². The van der Waals surface area contributed by atoms with Gasteiger partial charge in [-0.2, -0.15) is 0 Å². The molecule has 1 amide bonds. The van der Waals surface area contributed by atoms with E-state index >= 15 is 0 Å². The smallest absolute Gasteiger partial charge is 0.293 e. The molecule has 0 aliphatic rings. The van der Waals surface area contributed by atoms with Crippen molar-refractivity contribution < 1.29 is 9.21 Å². The molecule has 2 heterocycles. The van der Waals surface area contributed by atoms with Gasteiger partial charge >= 0.3 is 0 Å². The van der Waals surface area contributed by atoms with Gasteiger partial charge in [-0.15, -0.1) is 11.3 Å². The van der Waals surface area contributed by atoms with Crippen LogP contribution < -0.4 is 5.32 Å². The topological polar surface area (TPSA) is 55.1 Å². The summed E-state index contributed by atoms with van der Waals surface area (Å²) in [5.41, 5.74) is 2.78. The van der Waals surface area contributed by atoms with Crippen LogP contribution in [0.3, 0.4) is 0 Å². The van der Waals surface area contributed by atoms with Crippen LogP contribution in [0.5, 0.6) is 0 Å². The Kier molecular flexibility index (Phi) is 6.16. The molecule has 0 aliphatic carbocycles. The molecule has 1 N–H and O–H groups in total. The van der Waals surface area contributed by atoms with Crippen molar-refractivity contribution in [3.63, 3.8) is 0 Å². The van der Waals surface area contributed by atoms with E-state index in [4.69, 9.17) is 39.2 Å². The van der Waals surface area contributed by atoms with Gasteiger partial charge in [-0.25, -0.2) is 4.98 Å². The Morgan fingerprint density at radius 3 is 2.67 bits per heavy atom. The highest BCUT2D eigenvalue weighted by Crippen LogP contribution is 2.32. The molecule has 0 bridgehead atoms. The fourth-order valence-electron chi connectivity index (χ4n) is 2.85. The Morgan fingerprint density at radius 2 is 1.90 bits per heavy atom. The molecule has 2 aromatic carbocycles. The maximum Gasteiger partial charge on any atom is 0.293 e. The number of carbonyl (C=O) groups is 1. The molecule has 30 heavy (non-hydrogen) atoms. The molecule has 8 heteroatoms. The quantitative estimate of drug-likeness (QED) is 0.323. The first-order valence-electron chi connectivity index (χ1n) is 8.95. The van der Waals surface area contributed by atoms with E-state index in [2.05, 4.69) is 10.3 Å². The fourth-order valence-corrected chi connectivity index (χ4v) is 4.39. The van der Waals surface area contributed by atoms with Crippen LogP contribution in [0, 0.1) is 6.92 Å². The lowest BCUT2D eigenvalue weighted by Crippen LogP contribution is -2.10. The van der Waals surface area contributed by atoms with Gasteiger partial charge in [-0.3, -0.25) is 10.1 Å². The number of hydrogen-bond acceptors (Lipinski definition) is 4. The van der Waals surface area contributed by atoms with Crippen LogP contribution in [0.25, 0.3) is 11.3 Å². The first-order valence-corrected chi connectivity index (χ1v) is 10.9. The molecule has 0 radical (unpaired) electrons. The Labute approximate surface area is 192 Å². The van der Waals surface area contributed by atoms with E-state index in [1.807, 2.05) is 25.1 Å². The lowest BCUT2D eigenvalue weighted by Gasteiger charge is -2.02. The van der Waals surface area contributed by atoms with Gasteiger partial charge < -0.3 is 4.42 Å². The molecule has 0 fully saturated rings. The van der Waals surface area contributed by atoms with E-state index in [0.29, 0.717) is 32.9 Å². The number of amides is 1. The normalized spacial score (nSPS) is 10.9. The lowest BCUT2D eigenvalue weighted by molar-refractivity contribution is 0.0997. The summed E-state index contributed by atoms with van der Waals surface area (Å²) in [7, 11) is 0. The number of halogens is 3. The van der Waals surface area contributed by atoms with Crippen molar-refractivity contribution >= 4 is 57.2 Å². The number of nitrogens with one attached hydrogen (secondary N) is 1. The van der Waals surface area contributed by atoms with Gasteiger partial charge in [0, 0.05) is 33.1 Å². The number of nitrogens with zero attached hydrogens (tertiary/aromatic N) is 1. The summed E-state index contributed by atoms with van der Waals surface area (Å²) < 4.78 is 5.67. The molecule has 152 valence electrons. The highest BCUT2D eigenvalue weighted by Gasteiger charge is 2.16. The van der Waals surface area contributed by atoms with Crippen LogP contribution in [0.4, 0.5) is 5.13 Å². The highest BCUT2D eigenvalue weighted by atomic mass is 35.5. The van der Waals surface area contributed by atoms with E-state index in [0.717, 1.165) is 21.0 Å². The third-order valence-electron chi connectivity index (χ3n) is 4.42. The predicted molar refractivity (Wildman–Crippen MR) is 123 cm³/mol. The van der Waals surface area contributed by atoms with E-state index in [1.54, 1.807) is 36.5 Å². The standard InChI is InChI=1S/C22H15Cl3N2O2S/c1-12-2-3-13(9-17(12)24)8-15-11-26-22(30-15)27-21(28)20-7-6-19(29-20)16-5-4-14(23)10-18(16)25/h2-7,9-11H,8H2,1H3,(H,26,27,28). The van der Waals surface area contributed by atoms with Crippen LogP contribution in [-0.4, -0.2) is 10.9 Å². The van der Waals surface area contributed by atoms with Gasteiger partial charge in [0.15, 0.2) is 10.9 Å². The van der Waals surface area contributed by atoms with E-state index in [9.17, 15) is 4.79 Å². The Morgan fingerprint density at radius 1 is 1.07 bits per heavy atom. The first kappa shape index (κ1) is 20.9. The SMILES string of the molecule is Cc1ccc(Cc2cnc(NC(=O)c3ccc(-c4ccc(Cl)cc4Cl)o3)s2)cc1Cl. The number of benzene rings is 2. The van der Waals surface area contributed by atoms with E-state index < -0.39 is 0 Å². The minimum Gasteiger partial charge on any atom is -0.451 e. The zero-order chi connectivity index (χ0) is 21.3. The van der Waals surface area contributed by atoms with E-state index in [-0.39, 0.29) is 11.7 Å². The number of hydrogen-bond donors (Lipinski definition) is 1. The van der Waals surface area contributed by atoms with Gasteiger partial charge in [0.1, 0.15) is 5.76 Å². The highest BCUT2D eigenvalue weighted by molar-refractivity contribution is 7.15. The lowest BCUT2D eigenvalue weighted by atomic mass is 10.1. The number of aryl methyl sites for hydroxylation is 1. The number of rotatable bonds is 5. The number of anilines is 1. The summed E-state index contributed by atoms with van der Waals surface area (Å²) in [5, 5.41) is 4.98. The summed E-state index contributed by atoms with van der Waals surface area (Å²) in [5.74, 6) is 0.265. The van der Waals surface area contributed by atoms with Crippen LogP contribution in [0.2, 0.25) is 15.1 Å². The maximum atomic E-state index is 12.5. The van der Waals surface area contributed by atoms with Crippen LogP contribution in [0.1, 0.15) is 26.6 Å². The zero-order valence-corrected chi connectivity index (χ0v) is 18.8. The summed E-state index contributed by atoms with van der Waals surface area (Å²) in [6, 6.07) is 14.3. The largest absolute Gasteiger partial charge is 0.451 e. The summed E-state index contributed by atoms with van der Waals surface area (Å²) in [6.07, 6.45) is 2.43. The molecular weight excluding hydrogens is 463 g/mol. The molecule has 4 nitrogen and oxygen atoms in total. The molecular formula is C22H15Cl3N2O2S. The van der Waals surface area contributed by atoms with Gasteiger partial charge in [0.25, 0.3) is 5.91 Å². The third kappa shape index (κ3) is 4.71. The van der Waals surface area contributed by atoms with Crippen LogP contribution in [-0.2, 0) is 6.42 Å². The van der Waals surface area contributed by atoms with Gasteiger partial charge in [0.2, 0.25) is 0 Å². The van der Waals surface area contributed by atoms with E-state index in [1.165, 1.54) is 11.3 Å². The Bertz CT molecular complexity index is 1230. The zero-order valence-electron chi connectivity index (χ0n) is 15.7. The van der Waals surface area contributed by atoms with Crippen molar-refractivity contribution in [2.75, 3.05) is 5.32 Å². The average molecular weight is 478 g/mol. The maximum absolute atomic E-state index is 12.5. The van der Waals surface area contributed by atoms with Crippen molar-refractivity contribution in [1.82, 2.24) is 4.98 Å². The Hall–Kier alpha value is -2.31. The predicted octanol–water partition coefficient (Wildman–Crippen LogP) is 7.51. The molecule has 0 atom stereocenters. The average Bonchev–Trinajstić information content (AvgIpc) is 3.35. The fraction of sp³-hybridized carbons (Fsp3) is 0.0909. The van der Waals surface area contributed by atoms with Gasteiger partial charge in [-0.1, -0.05) is 46.9 Å². The number of carbonyl (C=O) groups excluding carboxylic acids is 1. The third-order valence-corrected chi connectivity index (χ3v) is 6.28. The molecule has 2 aromatic heterocycles. The molecule has 0 spiro atoms. The number of furan rings is 1.